The number of nitrogens with one attached hydrogen (secondary N) is 1. The summed E-state index contributed by atoms with van der Waals surface area (Å²) in [7, 11) is -3.57. The molecule has 2 aromatic rings. The lowest BCUT2D eigenvalue weighted by Gasteiger charge is -2.34. The lowest BCUT2D eigenvalue weighted by Crippen LogP contribution is -2.51. The molecule has 1 aliphatic heterocycles. The van der Waals surface area contributed by atoms with E-state index in [2.05, 4.69) is 42.0 Å². The van der Waals surface area contributed by atoms with Gasteiger partial charge in [-0.3, -0.25) is 0 Å². The summed E-state index contributed by atoms with van der Waals surface area (Å²) in [5, 5.41) is 2.86. The second-order valence-corrected chi connectivity index (χ2v) is 10.9. The van der Waals surface area contributed by atoms with Crippen molar-refractivity contribution < 1.29 is 13.2 Å². The third-order valence-electron chi connectivity index (χ3n) is 5.00. The smallest absolute Gasteiger partial charge is 0.321 e. The molecule has 8 heteroatoms. The van der Waals surface area contributed by atoms with E-state index in [4.69, 9.17) is 0 Å². The van der Waals surface area contributed by atoms with Crippen LogP contribution in [0.4, 0.5) is 10.5 Å². The summed E-state index contributed by atoms with van der Waals surface area (Å²) in [4.78, 5) is 14.4. The summed E-state index contributed by atoms with van der Waals surface area (Å²) in [6, 6.07) is 14.2. The number of para-hydroxylation sites is 1. The Morgan fingerprint density at radius 1 is 0.966 bits per heavy atom. The number of carbonyl (C=O) groups is 1. The summed E-state index contributed by atoms with van der Waals surface area (Å²) in [6.07, 6.45) is 0. The summed E-state index contributed by atoms with van der Waals surface area (Å²) >= 11 is 3.41. The number of piperazine rings is 1. The van der Waals surface area contributed by atoms with E-state index in [0.29, 0.717) is 18.8 Å². The lowest BCUT2D eigenvalue weighted by molar-refractivity contribution is 0.184. The van der Waals surface area contributed by atoms with Crippen LogP contribution in [0.3, 0.4) is 0 Å². The quantitative estimate of drug-likeness (QED) is 0.713. The van der Waals surface area contributed by atoms with Crippen molar-refractivity contribution in [1.82, 2.24) is 9.21 Å². The number of hydrogen-bond donors (Lipinski definition) is 1. The molecule has 0 atom stereocenters. The molecular formula is C21H26BrN3O3S. The Balaban J connectivity index is 1.63. The summed E-state index contributed by atoms with van der Waals surface area (Å²) in [5.74, 6) is 0. The molecule has 1 aliphatic rings. The Morgan fingerprint density at radius 2 is 1.55 bits per heavy atom. The predicted molar refractivity (Wildman–Crippen MR) is 119 cm³/mol. The minimum Gasteiger partial charge on any atom is -0.322 e. The van der Waals surface area contributed by atoms with Gasteiger partial charge in [-0.1, -0.05) is 45.0 Å². The minimum absolute atomic E-state index is 0.0327. The van der Waals surface area contributed by atoms with Gasteiger partial charge in [0, 0.05) is 30.7 Å². The average Bonchev–Trinajstić information content (AvgIpc) is 2.69. The van der Waals surface area contributed by atoms with E-state index < -0.39 is 10.0 Å². The summed E-state index contributed by atoms with van der Waals surface area (Å²) < 4.78 is 28.2. The molecule has 2 aromatic carbocycles. The van der Waals surface area contributed by atoms with Gasteiger partial charge >= 0.3 is 6.03 Å². The first-order valence-corrected chi connectivity index (χ1v) is 11.7. The molecule has 0 bridgehead atoms. The van der Waals surface area contributed by atoms with Crippen LogP contribution in [0.1, 0.15) is 26.3 Å². The molecule has 0 spiro atoms. The number of hydrogen-bond acceptors (Lipinski definition) is 3. The molecule has 29 heavy (non-hydrogen) atoms. The van der Waals surface area contributed by atoms with Crippen LogP contribution in [0, 0.1) is 0 Å². The van der Waals surface area contributed by atoms with Gasteiger partial charge in [-0.2, -0.15) is 4.31 Å². The Kier molecular flexibility index (Phi) is 6.36. The van der Waals surface area contributed by atoms with E-state index in [0.717, 1.165) is 10.0 Å². The van der Waals surface area contributed by atoms with Crippen molar-refractivity contribution in [1.29, 1.82) is 0 Å². The van der Waals surface area contributed by atoms with E-state index in [-0.39, 0.29) is 29.4 Å². The maximum Gasteiger partial charge on any atom is 0.321 e. The molecule has 0 aliphatic carbocycles. The molecular weight excluding hydrogens is 454 g/mol. The molecule has 3 rings (SSSR count). The third-order valence-corrected chi connectivity index (χ3v) is 7.60. The highest BCUT2D eigenvalue weighted by Crippen LogP contribution is 2.25. The molecule has 2 amide bonds. The number of urea groups is 1. The second kappa shape index (κ2) is 8.45. The van der Waals surface area contributed by atoms with Crippen LogP contribution in [0.5, 0.6) is 0 Å². The fraction of sp³-hybridized carbons (Fsp3) is 0.381. The van der Waals surface area contributed by atoms with Gasteiger partial charge in [-0.15, -0.1) is 0 Å². The molecule has 1 heterocycles. The number of anilines is 1. The van der Waals surface area contributed by atoms with E-state index in [1.807, 2.05) is 36.4 Å². The highest BCUT2D eigenvalue weighted by atomic mass is 79.9. The highest BCUT2D eigenvalue weighted by Gasteiger charge is 2.30. The van der Waals surface area contributed by atoms with Crippen LogP contribution in [0.15, 0.2) is 57.9 Å². The molecule has 0 unspecified atom stereocenters. The number of carbonyl (C=O) groups excluding carboxylic acids is 1. The van der Waals surface area contributed by atoms with Crippen LogP contribution in [0.2, 0.25) is 0 Å². The molecule has 1 fully saturated rings. The van der Waals surface area contributed by atoms with Crippen LogP contribution in [-0.2, 0) is 15.4 Å². The number of benzene rings is 2. The maximum atomic E-state index is 13.0. The minimum atomic E-state index is -3.57. The Morgan fingerprint density at radius 3 is 2.10 bits per heavy atom. The zero-order valence-corrected chi connectivity index (χ0v) is 19.3. The van der Waals surface area contributed by atoms with Gasteiger partial charge in [0.05, 0.1) is 10.6 Å². The standard InChI is InChI=1S/C21H26BrN3O3S/c1-21(2,3)16-8-10-17(11-9-16)29(27,28)25-14-12-24(13-15-25)20(26)23-19-7-5-4-6-18(19)22/h4-11H,12-15H2,1-3H3,(H,23,26). The van der Waals surface area contributed by atoms with Crippen molar-refractivity contribution in [3.8, 4) is 0 Å². The maximum absolute atomic E-state index is 13.0. The fourth-order valence-corrected chi connectivity index (χ4v) is 4.97. The van der Waals surface area contributed by atoms with Crippen LogP contribution in [0.25, 0.3) is 0 Å². The van der Waals surface area contributed by atoms with Crippen LogP contribution >= 0.6 is 15.9 Å². The monoisotopic (exact) mass is 479 g/mol. The van der Waals surface area contributed by atoms with Gasteiger partial charge in [-0.25, -0.2) is 13.2 Å². The van der Waals surface area contributed by atoms with Crippen molar-refractivity contribution >= 4 is 37.7 Å². The lowest BCUT2D eigenvalue weighted by atomic mass is 9.87. The van der Waals surface area contributed by atoms with Crippen molar-refractivity contribution in [2.45, 2.75) is 31.1 Å². The van der Waals surface area contributed by atoms with Crippen molar-refractivity contribution in [3.63, 3.8) is 0 Å². The van der Waals surface area contributed by atoms with Gasteiger partial charge < -0.3 is 10.2 Å². The topological polar surface area (TPSA) is 69.7 Å². The first kappa shape index (κ1) is 21.8. The summed E-state index contributed by atoms with van der Waals surface area (Å²) in [6.45, 7) is 7.50. The van der Waals surface area contributed by atoms with Gasteiger partial charge in [0.15, 0.2) is 0 Å². The SMILES string of the molecule is CC(C)(C)c1ccc(S(=O)(=O)N2CCN(C(=O)Nc3ccccc3Br)CC2)cc1. The molecule has 0 radical (unpaired) electrons. The molecule has 6 nitrogen and oxygen atoms in total. The highest BCUT2D eigenvalue weighted by molar-refractivity contribution is 9.10. The van der Waals surface area contributed by atoms with Crippen molar-refractivity contribution in [2.24, 2.45) is 0 Å². The zero-order valence-electron chi connectivity index (χ0n) is 16.9. The Labute approximate surface area is 181 Å². The normalized spacial score (nSPS) is 15.9. The molecule has 156 valence electrons. The first-order valence-electron chi connectivity index (χ1n) is 9.50. The molecule has 1 N–H and O–H groups in total. The largest absolute Gasteiger partial charge is 0.322 e. The van der Waals surface area contributed by atoms with E-state index in [1.54, 1.807) is 17.0 Å². The zero-order chi connectivity index (χ0) is 21.2. The Bertz CT molecular complexity index is 977. The van der Waals surface area contributed by atoms with Gasteiger partial charge in [-0.05, 0) is 51.2 Å². The number of rotatable bonds is 3. The molecule has 0 aromatic heterocycles. The van der Waals surface area contributed by atoms with Crippen LogP contribution < -0.4 is 5.32 Å². The predicted octanol–water partition coefficient (Wildman–Crippen LogP) is 4.29. The number of nitrogens with zero attached hydrogens (tertiary/aromatic N) is 2. The number of amides is 2. The Hall–Kier alpha value is -1.90. The fourth-order valence-electron chi connectivity index (χ4n) is 3.16. The number of halogens is 1. The number of sulfonamides is 1. The van der Waals surface area contributed by atoms with Crippen molar-refractivity contribution in [3.05, 3.63) is 58.6 Å². The van der Waals surface area contributed by atoms with E-state index >= 15 is 0 Å². The van der Waals surface area contributed by atoms with E-state index in [1.165, 1.54) is 4.31 Å². The summed E-state index contributed by atoms with van der Waals surface area (Å²) in [5.41, 5.74) is 1.74. The molecule has 1 saturated heterocycles. The molecule has 0 saturated carbocycles. The van der Waals surface area contributed by atoms with Crippen LogP contribution in [-0.4, -0.2) is 49.8 Å². The first-order chi connectivity index (χ1) is 13.6. The van der Waals surface area contributed by atoms with Gasteiger partial charge in [0.2, 0.25) is 10.0 Å². The third kappa shape index (κ3) is 4.99. The van der Waals surface area contributed by atoms with E-state index in [9.17, 15) is 13.2 Å². The van der Waals surface area contributed by atoms with Gasteiger partial charge in [0.1, 0.15) is 0 Å². The average molecular weight is 480 g/mol. The van der Waals surface area contributed by atoms with Crippen molar-refractivity contribution in [2.75, 3.05) is 31.5 Å². The second-order valence-electron chi connectivity index (χ2n) is 8.08. The van der Waals surface area contributed by atoms with Gasteiger partial charge in [0.25, 0.3) is 0 Å².